The van der Waals surface area contributed by atoms with Gasteiger partial charge < -0.3 is 36.6 Å². The van der Waals surface area contributed by atoms with Crippen LogP contribution in [0.3, 0.4) is 0 Å². The molecule has 0 aromatic heterocycles. The van der Waals surface area contributed by atoms with Gasteiger partial charge in [0.25, 0.3) is 0 Å². The number of hydrogen-bond donors (Lipinski definition) is 5. The Morgan fingerprint density at radius 1 is 0.837 bits per heavy atom. The van der Waals surface area contributed by atoms with E-state index in [4.69, 9.17) is 5.73 Å². The zero-order valence-corrected chi connectivity index (χ0v) is 28.0. The number of phenolic OH excluding ortho intramolecular Hbond substituents is 1. The van der Waals surface area contributed by atoms with Crippen molar-refractivity contribution in [3.63, 3.8) is 0 Å². The van der Waals surface area contributed by atoms with E-state index in [9.17, 15) is 29.1 Å². The molecule has 0 spiro atoms. The molecule has 49 heavy (non-hydrogen) atoms. The van der Waals surface area contributed by atoms with Crippen LogP contribution in [0.25, 0.3) is 0 Å². The zero-order chi connectivity index (χ0) is 35.3. The second kappa shape index (κ2) is 17.8. The molecule has 3 atom stereocenters. The number of para-hydroxylation sites is 1. The molecule has 0 unspecified atom stereocenters. The normalized spacial score (nSPS) is 15.0. The number of benzene rings is 3. The summed E-state index contributed by atoms with van der Waals surface area (Å²) in [6, 6.07) is 22.4. The van der Waals surface area contributed by atoms with Crippen molar-refractivity contribution in [1.82, 2.24) is 20.9 Å². The summed E-state index contributed by atoms with van der Waals surface area (Å²) in [6.45, 7) is 3.77. The minimum Gasteiger partial charge on any atom is -0.508 e. The number of hydrogen-bond acceptors (Lipinski definition) is 7. The van der Waals surface area contributed by atoms with Crippen LogP contribution in [0.2, 0.25) is 0 Å². The second-order valence-electron chi connectivity index (χ2n) is 12.2. The van der Waals surface area contributed by atoms with E-state index in [-0.39, 0.29) is 36.4 Å². The van der Waals surface area contributed by atoms with Gasteiger partial charge in [-0.15, -0.1) is 0 Å². The number of nitrogens with one attached hydrogen (secondary N) is 3. The summed E-state index contributed by atoms with van der Waals surface area (Å²) >= 11 is 0. The summed E-state index contributed by atoms with van der Waals surface area (Å²) < 4.78 is 0. The molecule has 6 N–H and O–H groups in total. The van der Waals surface area contributed by atoms with Crippen LogP contribution in [0.5, 0.6) is 5.75 Å². The Hall–Kier alpha value is -5.23. The van der Waals surface area contributed by atoms with Crippen molar-refractivity contribution in [1.29, 1.82) is 0 Å². The van der Waals surface area contributed by atoms with Gasteiger partial charge in [0.15, 0.2) is 0 Å². The molecule has 0 saturated carbocycles. The molecule has 0 aliphatic carbocycles. The number of carbonyl (C=O) groups excluding carboxylic acids is 5. The zero-order valence-electron chi connectivity index (χ0n) is 28.0. The monoisotopic (exact) mass is 670 g/mol. The fourth-order valence-corrected chi connectivity index (χ4v) is 5.86. The lowest BCUT2D eigenvalue weighted by atomic mass is 9.99. The minimum atomic E-state index is -0.968. The summed E-state index contributed by atoms with van der Waals surface area (Å²) in [5.74, 6) is -1.79. The number of piperidine rings is 1. The third-order valence-electron chi connectivity index (χ3n) is 8.57. The van der Waals surface area contributed by atoms with Crippen molar-refractivity contribution < 1.29 is 29.1 Å². The second-order valence-corrected chi connectivity index (χ2v) is 12.2. The fourth-order valence-electron chi connectivity index (χ4n) is 5.86. The first-order valence-corrected chi connectivity index (χ1v) is 16.7. The van der Waals surface area contributed by atoms with E-state index in [1.54, 1.807) is 17.0 Å². The van der Waals surface area contributed by atoms with E-state index >= 15 is 0 Å². The molecule has 1 fully saturated rings. The molecular weight excluding hydrogens is 624 g/mol. The van der Waals surface area contributed by atoms with Gasteiger partial charge in [-0.2, -0.15) is 0 Å². The Labute approximate surface area is 287 Å². The van der Waals surface area contributed by atoms with Crippen LogP contribution in [0, 0.1) is 0 Å². The Morgan fingerprint density at radius 2 is 1.43 bits per heavy atom. The molecule has 12 heteroatoms. The number of amides is 5. The van der Waals surface area contributed by atoms with E-state index in [1.807, 2.05) is 72.5 Å². The lowest BCUT2D eigenvalue weighted by Crippen LogP contribution is -2.56. The number of nitrogens with two attached hydrogens (primary N) is 1. The quantitative estimate of drug-likeness (QED) is 0.175. The van der Waals surface area contributed by atoms with Crippen LogP contribution < -0.4 is 26.6 Å². The van der Waals surface area contributed by atoms with Gasteiger partial charge in [-0.3, -0.25) is 24.0 Å². The largest absolute Gasteiger partial charge is 0.508 e. The highest BCUT2D eigenvalue weighted by Gasteiger charge is 2.33. The molecule has 0 bridgehead atoms. The van der Waals surface area contributed by atoms with Crippen molar-refractivity contribution >= 4 is 35.2 Å². The summed E-state index contributed by atoms with van der Waals surface area (Å²) in [7, 11) is 0. The molecule has 1 saturated heterocycles. The average molecular weight is 671 g/mol. The molecule has 1 aliphatic heterocycles. The van der Waals surface area contributed by atoms with Crippen LogP contribution in [-0.4, -0.2) is 83.3 Å². The fraction of sp³-hybridized carbons (Fsp3) is 0.378. The Balaban J connectivity index is 1.32. The highest BCUT2D eigenvalue weighted by Crippen LogP contribution is 2.25. The number of nitrogens with zero attached hydrogens (tertiary/aromatic N) is 2. The van der Waals surface area contributed by atoms with E-state index in [0.717, 1.165) is 16.8 Å². The van der Waals surface area contributed by atoms with Crippen molar-refractivity contribution in [2.45, 2.75) is 70.1 Å². The van der Waals surface area contributed by atoms with Gasteiger partial charge in [-0.1, -0.05) is 67.6 Å². The minimum absolute atomic E-state index is 0.0260. The molecular formula is C37H46N6O6. The van der Waals surface area contributed by atoms with E-state index in [0.29, 0.717) is 32.4 Å². The van der Waals surface area contributed by atoms with E-state index in [2.05, 4.69) is 16.0 Å². The van der Waals surface area contributed by atoms with Crippen molar-refractivity contribution in [2.24, 2.45) is 5.73 Å². The maximum Gasteiger partial charge on any atom is 0.245 e. The summed E-state index contributed by atoms with van der Waals surface area (Å²) in [6.07, 6.45) is 2.03. The Morgan fingerprint density at radius 3 is 2.04 bits per heavy atom. The summed E-state index contributed by atoms with van der Waals surface area (Å²) in [4.78, 5) is 68.7. The van der Waals surface area contributed by atoms with Crippen LogP contribution in [0.4, 0.5) is 5.69 Å². The third-order valence-corrected chi connectivity index (χ3v) is 8.57. The van der Waals surface area contributed by atoms with Gasteiger partial charge >= 0.3 is 0 Å². The first kappa shape index (κ1) is 36.6. The lowest BCUT2D eigenvalue weighted by molar-refractivity contribution is -0.137. The van der Waals surface area contributed by atoms with Crippen molar-refractivity contribution in [3.8, 4) is 5.75 Å². The van der Waals surface area contributed by atoms with Gasteiger partial charge in [0.05, 0.1) is 12.6 Å². The van der Waals surface area contributed by atoms with Crippen LogP contribution in [0.1, 0.15) is 44.2 Å². The van der Waals surface area contributed by atoms with Gasteiger partial charge in [0.1, 0.15) is 17.8 Å². The van der Waals surface area contributed by atoms with Crippen LogP contribution >= 0.6 is 0 Å². The molecule has 3 aromatic carbocycles. The number of phenols is 1. The number of likely N-dealkylation sites (tertiary alicyclic amines) is 1. The smallest absolute Gasteiger partial charge is 0.245 e. The van der Waals surface area contributed by atoms with Crippen LogP contribution in [-0.2, 0) is 36.8 Å². The average Bonchev–Trinajstić information content (AvgIpc) is 3.12. The molecule has 4 rings (SSSR count). The molecule has 12 nitrogen and oxygen atoms in total. The maximum absolute atomic E-state index is 13.8. The predicted octanol–water partition coefficient (Wildman–Crippen LogP) is 2.04. The number of rotatable bonds is 14. The topological polar surface area (TPSA) is 174 Å². The highest BCUT2D eigenvalue weighted by molar-refractivity contribution is 5.94. The van der Waals surface area contributed by atoms with E-state index in [1.165, 1.54) is 19.1 Å². The molecule has 0 radical (unpaired) electrons. The first-order valence-electron chi connectivity index (χ1n) is 16.7. The third kappa shape index (κ3) is 10.6. The van der Waals surface area contributed by atoms with Gasteiger partial charge in [0, 0.05) is 37.7 Å². The van der Waals surface area contributed by atoms with Gasteiger partial charge in [-0.05, 0) is 61.6 Å². The molecule has 5 amide bonds. The van der Waals surface area contributed by atoms with Crippen molar-refractivity contribution in [2.75, 3.05) is 24.5 Å². The van der Waals surface area contributed by atoms with Gasteiger partial charge in [0.2, 0.25) is 29.5 Å². The molecule has 260 valence electrons. The summed E-state index contributed by atoms with van der Waals surface area (Å²) in [5.41, 5.74) is 8.46. The molecule has 3 aromatic rings. The lowest BCUT2D eigenvalue weighted by Gasteiger charge is -2.39. The number of anilines is 1. The summed E-state index contributed by atoms with van der Waals surface area (Å²) in [5, 5.41) is 17.3. The molecule has 1 heterocycles. The SMILES string of the molecule is CCC(=O)N(c1ccccc1)C1CCN(C(=O)[C@H](Cc2ccccc2)NC(=O)CNC(=O)[C@@H](C)NC(=O)[C@@H](N)Cc2ccc(O)cc2)CC1. The predicted molar refractivity (Wildman–Crippen MR) is 186 cm³/mol. The van der Waals surface area contributed by atoms with Gasteiger partial charge in [-0.25, -0.2) is 0 Å². The van der Waals surface area contributed by atoms with Crippen molar-refractivity contribution in [3.05, 3.63) is 96.1 Å². The Kier molecular flexibility index (Phi) is 13.3. The Bertz CT molecular complexity index is 1560. The number of aromatic hydroxyl groups is 1. The highest BCUT2D eigenvalue weighted by atomic mass is 16.3. The standard InChI is InChI=1S/C37H46N6O6/c1-3-34(46)43(28-12-8-5-9-13-28)29-18-20-42(21-19-29)37(49)32(23-26-10-6-4-7-11-26)41-33(45)24-39-35(47)25(2)40-36(48)31(38)22-27-14-16-30(44)17-15-27/h4-17,25,29,31-32,44H,3,18-24,38H2,1-2H3,(H,39,47)(H,40,48)(H,41,45)/t25-,31+,32+/m1/s1. The number of carbonyl (C=O) groups is 5. The first-order chi connectivity index (χ1) is 23.5. The van der Waals surface area contributed by atoms with Crippen LogP contribution in [0.15, 0.2) is 84.9 Å². The molecule has 1 aliphatic rings. The van der Waals surface area contributed by atoms with E-state index < -0.39 is 42.4 Å². The maximum atomic E-state index is 13.8.